The predicted molar refractivity (Wildman–Crippen MR) is 58.7 cm³/mol. The Morgan fingerprint density at radius 1 is 1.46 bits per heavy atom. The van der Waals surface area contributed by atoms with E-state index in [2.05, 4.69) is 16.7 Å². The van der Waals surface area contributed by atoms with Crippen molar-refractivity contribution in [2.24, 2.45) is 9.98 Å². The van der Waals surface area contributed by atoms with Gasteiger partial charge < -0.3 is 0 Å². The van der Waals surface area contributed by atoms with Gasteiger partial charge >= 0.3 is 0 Å². The minimum absolute atomic E-state index is 0.473. The van der Waals surface area contributed by atoms with Gasteiger partial charge in [-0.2, -0.15) is 0 Å². The van der Waals surface area contributed by atoms with Gasteiger partial charge in [0.25, 0.3) is 0 Å². The number of aryl methyl sites for hydroxylation is 1. The van der Waals surface area contributed by atoms with Gasteiger partial charge in [-0.05, 0) is 25.3 Å². The second-order valence-electron chi connectivity index (χ2n) is 2.64. The van der Waals surface area contributed by atoms with Gasteiger partial charge in [0.05, 0.1) is 5.69 Å². The molecular formula is C10H11ClN2. The van der Waals surface area contributed by atoms with E-state index in [1.165, 1.54) is 0 Å². The standard InChI is InChI=1S/C10H11ClN2/c1-7-5-4-6-8(12-2)9(7)10(11)13-3/h4-6H,2H2,1,3H3. The molecule has 1 aromatic rings. The molecule has 0 saturated carbocycles. The van der Waals surface area contributed by atoms with Gasteiger partial charge in [0.15, 0.2) is 0 Å². The van der Waals surface area contributed by atoms with Crippen LogP contribution in [0.15, 0.2) is 28.2 Å². The molecule has 0 amide bonds. The number of hydrogen-bond donors (Lipinski definition) is 0. The van der Waals surface area contributed by atoms with Gasteiger partial charge in [-0.3, -0.25) is 9.98 Å². The van der Waals surface area contributed by atoms with Gasteiger partial charge in [-0.1, -0.05) is 23.7 Å². The second-order valence-corrected chi connectivity index (χ2v) is 3.00. The Kier molecular flexibility index (Phi) is 3.20. The lowest BCUT2D eigenvalue weighted by atomic mass is 10.1. The van der Waals surface area contributed by atoms with Crippen LogP contribution in [-0.2, 0) is 0 Å². The summed E-state index contributed by atoms with van der Waals surface area (Å²) in [5.74, 6) is 0. The van der Waals surface area contributed by atoms with Crippen LogP contribution in [0.4, 0.5) is 5.69 Å². The van der Waals surface area contributed by atoms with Crippen LogP contribution >= 0.6 is 11.6 Å². The van der Waals surface area contributed by atoms with Gasteiger partial charge in [0.1, 0.15) is 5.17 Å². The zero-order chi connectivity index (χ0) is 9.84. The van der Waals surface area contributed by atoms with E-state index in [1.807, 2.05) is 25.1 Å². The van der Waals surface area contributed by atoms with Gasteiger partial charge in [-0.25, -0.2) is 0 Å². The van der Waals surface area contributed by atoms with Crippen molar-refractivity contribution in [3.63, 3.8) is 0 Å². The van der Waals surface area contributed by atoms with Crippen LogP contribution in [-0.4, -0.2) is 18.9 Å². The summed E-state index contributed by atoms with van der Waals surface area (Å²) in [7, 11) is 1.65. The summed E-state index contributed by atoms with van der Waals surface area (Å²) in [6.45, 7) is 5.46. The number of benzene rings is 1. The molecule has 0 bridgehead atoms. The first-order valence-electron chi connectivity index (χ1n) is 3.89. The fraction of sp³-hybridized carbons (Fsp3) is 0.200. The van der Waals surface area contributed by atoms with Crippen molar-refractivity contribution in [2.45, 2.75) is 6.92 Å². The molecule has 0 saturated heterocycles. The zero-order valence-corrected chi connectivity index (χ0v) is 8.47. The van der Waals surface area contributed by atoms with Crippen molar-refractivity contribution in [3.8, 4) is 0 Å². The van der Waals surface area contributed by atoms with Crippen molar-refractivity contribution < 1.29 is 0 Å². The third-order valence-corrected chi connectivity index (χ3v) is 2.18. The molecule has 13 heavy (non-hydrogen) atoms. The lowest BCUT2D eigenvalue weighted by molar-refractivity contribution is 1.38. The summed E-state index contributed by atoms with van der Waals surface area (Å²) < 4.78 is 0. The topological polar surface area (TPSA) is 24.7 Å². The second kappa shape index (κ2) is 4.19. The van der Waals surface area contributed by atoms with Gasteiger partial charge in [-0.15, -0.1) is 0 Å². The van der Waals surface area contributed by atoms with Crippen molar-refractivity contribution in [1.82, 2.24) is 0 Å². The van der Waals surface area contributed by atoms with Crippen molar-refractivity contribution >= 4 is 29.2 Å². The first-order valence-corrected chi connectivity index (χ1v) is 4.27. The van der Waals surface area contributed by atoms with Crippen LogP contribution in [0.1, 0.15) is 11.1 Å². The summed E-state index contributed by atoms with van der Waals surface area (Å²) in [5.41, 5.74) is 2.69. The fourth-order valence-electron chi connectivity index (χ4n) is 1.16. The summed E-state index contributed by atoms with van der Waals surface area (Å²) in [6, 6.07) is 5.75. The van der Waals surface area contributed by atoms with E-state index in [9.17, 15) is 0 Å². The number of halogens is 1. The molecule has 3 heteroatoms. The number of nitrogens with zero attached hydrogens (tertiary/aromatic N) is 2. The Hall–Kier alpha value is -1.15. The molecule has 0 unspecified atom stereocenters. The highest BCUT2D eigenvalue weighted by Gasteiger charge is 2.07. The molecule has 0 heterocycles. The van der Waals surface area contributed by atoms with Crippen LogP contribution in [0.25, 0.3) is 0 Å². The minimum atomic E-state index is 0.473. The molecular weight excluding hydrogens is 184 g/mol. The van der Waals surface area contributed by atoms with Crippen LogP contribution in [0.2, 0.25) is 0 Å². The van der Waals surface area contributed by atoms with Gasteiger partial charge in [0, 0.05) is 12.6 Å². The molecule has 0 atom stereocenters. The molecule has 0 N–H and O–H groups in total. The maximum absolute atomic E-state index is 5.94. The number of hydrogen-bond acceptors (Lipinski definition) is 2. The highest BCUT2D eigenvalue weighted by molar-refractivity contribution is 6.70. The largest absolute Gasteiger partial charge is 0.276 e. The molecule has 0 aliphatic rings. The molecule has 0 spiro atoms. The Bertz CT molecular complexity index is 356. The normalized spacial score (nSPS) is 11.5. The average molecular weight is 195 g/mol. The number of aliphatic imine (C=N–C) groups is 2. The molecule has 0 aliphatic carbocycles. The maximum Gasteiger partial charge on any atom is 0.133 e. The van der Waals surface area contributed by atoms with Crippen molar-refractivity contribution in [1.29, 1.82) is 0 Å². The first kappa shape index (κ1) is 9.93. The highest BCUT2D eigenvalue weighted by Crippen LogP contribution is 2.24. The zero-order valence-electron chi connectivity index (χ0n) is 7.71. The Morgan fingerprint density at radius 2 is 2.15 bits per heavy atom. The van der Waals surface area contributed by atoms with E-state index in [1.54, 1.807) is 7.05 Å². The molecule has 0 aromatic heterocycles. The quantitative estimate of drug-likeness (QED) is 0.647. The van der Waals surface area contributed by atoms with E-state index in [0.717, 1.165) is 16.8 Å². The van der Waals surface area contributed by atoms with Crippen LogP contribution in [0.5, 0.6) is 0 Å². The minimum Gasteiger partial charge on any atom is -0.276 e. The third-order valence-electron chi connectivity index (χ3n) is 1.82. The SMILES string of the molecule is C=Nc1cccc(C)c1C(Cl)=NC. The summed E-state index contributed by atoms with van der Waals surface area (Å²) in [4.78, 5) is 7.81. The Labute approximate surface area is 83.0 Å². The summed E-state index contributed by atoms with van der Waals surface area (Å²) >= 11 is 5.94. The Balaban J connectivity index is 3.39. The molecule has 1 rings (SSSR count). The number of rotatable bonds is 2. The van der Waals surface area contributed by atoms with E-state index < -0.39 is 0 Å². The Morgan fingerprint density at radius 3 is 2.69 bits per heavy atom. The van der Waals surface area contributed by atoms with Crippen LogP contribution in [0, 0.1) is 6.92 Å². The monoisotopic (exact) mass is 194 g/mol. The fourth-order valence-corrected chi connectivity index (χ4v) is 1.41. The van der Waals surface area contributed by atoms with Gasteiger partial charge in [0.2, 0.25) is 0 Å². The maximum atomic E-state index is 5.94. The lowest BCUT2D eigenvalue weighted by Gasteiger charge is -2.05. The summed E-state index contributed by atoms with van der Waals surface area (Å²) in [5, 5.41) is 0.473. The molecule has 68 valence electrons. The smallest absolute Gasteiger partial charge is 0.133 e. The molecule has 1 aromatic carbocycles. The molecule has 0 radical (unpaired) electrons. The summed E-state index contributed by atoms with van der Waals surface area (Å²) in [6.07, 6.45) is 0. The van der Waals surface area contributed by atoms with Crippen LogP contribution in [0.3, 0.4) is 0 Å². The lowest BCUT2D eigenvalue weighted by Crippen LogP contribution is -1.95. The van der Waals surface area contributed by atoms with Crippen molar-refractivity contribution in [3.05, 3.63) is 29.3 Å². The third kappa shape index (κ3) is 1.95. The van der Waals surface area contributed by atoms with E-state index in [4.69, 9.17) is 11.6 Å². The highest BCUT2D eigenvalue weighted by atomic mass is 35.5. The molecule has 2 nitrogen and oxygen atoms in total. The average Bonchev–Trinajstić information content (AvgIpc) is 2.16. The van der Waals surface area contributed by atoms with Crippen LogP contribution < -0.4 is 0 Å². The molecule has 0 fully saturated rings. The van der Waals surface area contributed by atoms with E-state index >= 15 is 0 Å². The first-order chi connectivity index (χ1) is 6.20. The molecule has 0 aliphatic heterocycles. The predicted octanol–water partition coefficient (Wildman–Crippen LogP) is 2.94. The van der Waals surface area contributed by atoms with E-state index in [-0.39, 0.29) is 0 Å². The van der Waals surface area contributed by atoms with E-state index in [0.29, 0.717) is 5.17 Å². The van der Waals surface area contributed by atoms with Crippen molar-refractivity contribution in [2.75, 3.05) is 7.05 Å².